The van der Waals surface area contributed by atoms with E-state index in [-0.39, 0.29) is 85.9 Å². The lowest BCUT2D eigenvalue weighted by Gasteiger charge is -2.46. The van der Waals surface area contributed by atoms with Crippen molar-refractivity contribution in [1.82, 2.24) is 0 Å². The number of aliphatic hydroxyl groups is 27. The molecule has 8 heterocycles. The molecule has 8 aliphatic rings. The molecule has 8 saturated heterocycles. The summed E-state index contributed by atoms with van der Waals surface area (Å²) in [6.07, 6.45) is -65.2. The molecule has 40 atom stereocenters. The van der Waals surface area contributed by atoms with Gasteiger partial charge in [0.15, 0.2) is 50.3 Å². The third-order valence-electron chi connectivity index (χ3n) is 24.9. The summed E-state index contributed by atoms with van der Waals surface area (Å²) in [6.45, 7) is -6.02. The molecule has 796 valence electrons. The second kappa shape index (κ2) is 55.6. The molecule has 0 radical (unpaired) electrons. The average Bonchev–Trinajstić information content (AvgIpc) is 0.799. The SMILES string of the molecule is CCO[C@@H]1[C@H](O)[C@@H](O)[C@H](O[C@H]2[C@H](O)[C@@H](O)[C@H](OCC#Cc3ccc(COCC(COCc4ccc(C#CCO[C@@H]5O[C@H](CO)[C@@H](O[C@@H]6O[C@H](CO)[C@H](O)[C@H](O)[C@H]6O)[C@H](O)[C@H]5O)cc4)(COCc4ccc(C#CCO[C@@H]5O[C@H](CO)[C@@H](O[C@@H]6O[C@H](CO)[C@H](O)[C@H](O)[C@H]6O)[C@H](O)[C@H]5O)cc4)COCc4ccc(C#CCO[C@@H]5O[C@H](CO)[C@@H](O[C@@H]6O[C@H](CO)[C@H](O)[C@H](O)[C@H]6O)[C@H](O)[C@H]5O)cc4)cc3)O[C@@H]2CO)O[C@@H]1CO. The highest BCUT2D eigenvalue weighted by Crippen LogP contribution is 2.37. The highest BCUT2D eigenvalue weighted by Gasteiger charge is 2.57. The lowest BCUT2D eigenvalue weighted by molar-refractivity contribution is -0.360. The fourth-order valence-corrected chi connectivity index (χ4v) is 16.7. The van der Waals surface area contributed by atoms with Crippen molar-refractivity contribution in [2.75, 3.05) is 112 Å². The van der Waals surface area contributed by atoms with Crippen LogP contribution in [0.2, 0.25) is 0 Å². The van der Waals surface area contributed by atoms with Crippen LogP contribution in [0.5, 0.6) is 0 Å². The molecule has 0 bridgehead atoms. The highest BCUT2D eigenvalue weighted by atomic mass is 16.8. The van der Waals surface area contributed by atoms with Crippen molar-refractivity contribution < 1.29 is 237 Å². The zero-order valence-corrected chi connectivity index (χ0v) is 77.3. The maximum absolute atomic E-state index is 11.2. The number of rotatable bonds is 42. The van der Waals surface area contributed by atoms with Gasteiger partial charge in [0.1, 0.15) is 222 Å². The first-order chi connectivity index (χ1) is 68.8. The Balaban J connectivity index is 0.718. The second-order valence-electron chi connectivity index (χ2n) is 35.2. The van der Waals surface area contributed by atoms with Gasteiger partial charge < -0.3 is 237 Å². The Kier molecular flexibility index (Phi) is 44.7. The summed E-state index contributed by atoms with van der Waals surface area (Å²) < 4.78 is 122. The Bertz CT molecular complexity index is 4330. The van der Waals surface area contributed by atoms with E-state index in [0.717, 1.165) is 0 Å². The largest absolute Gasteiger partial charge is 0.394 e. The lowest BCUT2D eigenvalue weighted by Crippen LogP contribution is -2.65. The van der Waals surface area contributed by atoms with Crippen molar-refractivity contribution in [1.29, 1.82) is 0 Å². The Morgan fingerprint density at radius 2 is 0.413 bits per heavy atom. The summed E-state index contributed by atoms with van der Waals surface area (Å²) in [5, 5.41) is 284. The van der Waals surface area contributed by atoms with Gasteiger partial charge in [-0.15, -0.1) is 0 Å². The summed E-state index contributed by atoms with van der Waals surface area (Å²) >= 11 is 0. The van der Waals surface area contributed by atoms with Crippen LogP contribution in [-0.2, 0) is 126 Å². The Morgan fingerprint density at radius 1 is 0.224 bits per heavy atom. The molecule has 143 heavy (non-hydrogen) atoms. The minimum absolute atomic E-state index is 0.0128. The molecule has 8 fully saturated rings. The topological polar surface area (TPSA) is 740 Å². The molecule has 48 nitrogen and oxygen atoms in total. The van der Waals surface area contributed by atoms with Gasteiger partial charge in [-0.1, -0.05) is 95.9 Å². The first kappa shape index (κ1) is 115. The molecule has 0 aliphatic carbocycles. The van der Waals surface area contributed by atoms with E-state index in [1.54, 1.807) is 104 Å². The molecule has 0 amide bonds. The van der Waals surface area contributed by atoms with Crippen LogP contribution in [0.15, 0.2) is 97.1 Å². The normalized spacial score (nSPS) is 37.5. The zero-order valence-electron chi connectivity index (χ0n) is 77.3. The minimum Gasteiger partial charge on any atom is -0.394 e. The standard InChI is InChI=1S/C95H128O48/c1-2-127-82-58(34-99)139-94(81(122)69(82)110)143-86-62(38-103)138-90(80(121)73(86)114)131-30-6-10-50-17-25-54(26-18-50)42-126-46-95(43-123-39-51-19-11-47(12-20-51)7-3-27-128-87-77(118)70(111)83(59(35-100)135-87)140-91-74(115)66(107)63(104)55(31-96)132-91,44-124-40-52-21-13-48(14-22-52)8-4-28-129-88-78(119)71(112)84(60(36-101)136-88)141-92-75(116)67(108)64(105)56(32-97)133-92)45-125-41-53-23-15-49(16-24-53)9-5-29-130-89-79(120)72(113)85(61(37-102)137-89)142-93-76(117)68(109)65(106)57(33-98)134-93/h11-26,55-94,96-122H,2,27-46H2,1H3/t55-,56-,57-,58-,59-,60-,61-,62-,63+,64+,65+,66+,67+,68+,69-,70-,71-,72-,73-,74-,75-,76-,77-,78-,79-,80-,81-,82+,83-,84-,85-,86-,87-,88-,89-,90-,91+,92+,93+,94+/m1/s1. The predicted molar refractivity (Wildman–Crippen MR) is 473 cm³/mol. The van der Waals surface area contributed by atoms with Crippen LogP contribution in [0.25, 0.3) is 0 Å². The van der Waals surface area contributed by atoms with Crippen LogP contribution in [0.3, 0.4) is 0 Å². The second-order valence-corrected chi connectivity index (χ2v) is 35.2. The van der Waals surface area contributed by atoms with Crippen LogP contribution >= 0.6 is 0 Å². The van der Waals surface area contributed by atoms with E-state index in [9.17, 15) is 138 Å². The number of benzene rings is 4. The van der Waals surface area contributed by atoms with Crippen molar-refractivity contribution in [2.24, 2.45) is 5.41 Å². The summed E-state index contributed by atoms with van der Waals surface area (Å²) in [5.74, 6) is 23.1. The van der Waals surface area contributed by atoms with Crippen LogP contribution in [0.1, 0.15) is 51.4 Å². The van der Waals surface area contributed by atoms with Crippen molar-refractivity contribution in [3.63, 3.8) is 0 Å². The van der Waals surface area contributed by atoms with Crippen molar-refractivity contribution in [3.8, 4) is 47.4 Å². The smallest absolute Gasteiger partial charge is 0.187 e. The minimum atomic E-state index is -1.87. The first-order valence-corrected chi connectivity index (χ1v) is 46.2. The van der Waals surface area contributed by atoms with E-state index in [4.69, 9.17) is 99.5 Å². The third kappa shape index (κ3) is 29.7. The van der Waals surface area contributed by atoms with Crippen LogP contribution < -0.4 is 0 Å². The highest BCUT2D eigenvalue weighted by molar-refractivity contribution is 5.39. The fourth-order valence-electron chi connectivity index (χ4n) is 16.7. The van der Waals surface area contributed by atoms with Gasteiger partial charge in [0.25, 0.3) is 0 Å². The van der Waals surface area contributed by atoms with E-state index >= 15 is 0 Å². The van der Waals surface area contributed by atoms with Gasteiger partial charge in [-0.05, 0) is 77.7 Å². The Morgan fingerprint density at radius 3 is 0.629 bits per heavy atom. The zero-order chi connectivity index (χ0) is 103. The maximum atomic E-state index is 11.2. The van der Waals surface area contributed by atoms with Crippen LogP contribution in [-0.4, -0.2) is 496 Å². The van der Waals surface area contributed by atoms with Gasteiger partial charge in [-0.3, -0.25) is 0 Å². The van der Waals surface area contributed by atoms with Crippen LogP contribution in [0.4, 0.5) is 0 Å². The fraction of sp³-hybridized carbons (Fsp3) is 0.663. The third-order valence-corrected chi connectivity index (χ3v) is 24.9. The van der Waals surface area contributed by atoms with Crippen molar-refractivity contribution in [3.05, 3.63) is 142 Å². The first-order valence-electron chi connectivity index (χ1n) is 46.2. The number of aliphatic hydroxyl groups excluding tert-OH is 27. The molecule has 0 saturated carbocycles. The predicted octanol–water partition coefficient (Wildman–Crippen LogP) is -12.1. The van der Waals surface area contributed by atoms with Gasteiger partial charge in [-0.25, -0.2) is 0 Å². The number of ether oxygens (including phenoxy) is 21. The average molecular weight is 2040 g/mol. The van der Waals surface area contributed by atoms with Crippen molar-refractivity contribution in [2.45, 2.75) is 279 Å². The van der Waals surface area contributed by atoms with Gasteiger partial charge in [-0.2, -0.15) is 0 Å². The number of hydrogen-bond acceptors (Lipinski definition) is 48. The molecule has 48 heteroatoms. The van der Waals surface area contributed by atoms with Gasteiger partial charge in [0.05, 0.1) is 111 Å². The molecule has 4 aromatic rings. The molecule has 0 spiro atoms. The maximum Gasteiger partial charge on any atom is 0.187 e. The molecule has 12 rings (SSSR count). The molecule has 8 aliphatic heterocycles. The molecular weight excluding hydrogens is 1910 g/mol. The Labute approximate surface area is 819 Å². The molecule has 0 aromatic heterocycles. The quantitative estimate of drug-likeness (QED) is 0.0183. The molecule has 4 aromatic carbocycles. The van der Waals surface area contributed by atoms with Crippen LogP contribution in [0, 0.1) is 52.8 Å². The van der Waals surface area contributed by atoms with Gasteiger partial charge in [0.2, 0.25) is 0 Å². The summed E-state index contributed by atoms with van der Waals surface area (Å²) in [4.78, 5) is 0. The van der Waals surface area contributed by atoms with E-state index in [2.05, 4.69) is 47.4 Å². The van der Waals surface area contributed by atoms with E-state index < -0.39 is 304 Å². The van der Waals surface area contributed by atoms with Gasteiger partial charge >= 0.3 is 0 Å². The monoisotopic (exact) mass is 2040 g/mol. The van der Waals surface area contributed by atoms with Crippen molar-refractivity contribution >= 4 is 0 Å². The molecular formula is C95H128O48. The van der Waals surface area contributed by atoms with E-state index in [1.807, 2.05) is 0 Å². The molecule has 27 N–H and O–H groups in total. The van der Waals surface area contributed by atoms with E-state index in [1.165, 1.54) is 0 Å². The summed E-state index contributed by atoms with van der Waals surface area (Å²) in [7, 11) is 0. The lowest BCUT2D eigenvalue weighted by atomic mass is 9.92. The molecule has 0 unspecified atom stereocenters. The summed E-state index contributed by atoms with van der Waals surface area (Å²) in [6, 6.07) is 27.7. The number of hydrogen-bond donors (Lipinski definition) is 27. The van der Waals surface area contributed by atoms with Gasteiger partial charge in [0, 0.05) is 28.9 Å². The summed E-state index contributed by atoms with van der Waals surface area (Å²) in [5.41, 5.74) is 3.63. The van der Waals surface area contributed by atoms with E-state index in [0.29, 0.717) is 44.5 Å². The Hall–Kier alpha value is -6.80.